The van der Waals surface area contributed by atoms with Crippen LogP contribution in [0, 0.1) is 0 Å². The van der Waals surface area contributed by atoms with E-state index >= 15 is 0 Å². The van der Waals surface area contributed by atoms with Gasteiger partial charge < -0.3 is 10.2 Å². The maximum atomic E-state index is 3.75. The van der Waals surface area contributed by atoms with Crippen LogP contribution in [0.2, 0.25) is 0 Å². The van der Waals surface area contributed by atoms with Gasteiger partial charge in [0.05, 0.1) is 0 Å². The van der Waals surface area contributed by atoms with Gasteiger partial charge in [-0.1, -0.05) is 28.1 Å². The molecule has 2 aliphatic rings. The predicted octanol–water partition coefficient (Wildman–Crippen LogP) is 3.38. The van der Waals surface area contributed by atoms with Crippen molar-refractivity contribution >= 4 is 15.9 Å². The van der Waals surface area contributed by atoms with E-state index in [1.165, 1.54) is 48.8 Å². The molecule has 0 spiro atoms. The molecule has 19 heavy (non-hydrogen) atoms. The minimum Gasteiger partial charge on any atom is -0.312 e. The highest BCUT2D eigenvalue weighted by Gasteiger charge is 2.31. The van der Waals surface area contributed by atoms with Crippen LogP contribution in [0.3, 0.4) is 0 Å². The minimum absolute atomic E-state index is 0.734. The van der Waals surface area contributed by atoms with Crippen LogP contribution in [-0.2, 0) is 0 Å². The molecule has 1 aromatic rings. The molecule has 1 atom stereocenters. The Labute approximate surface area is 124 Å². The summed E-state index contributed by atoms with van der Waals surface area (Å²) in [6.07, 6.45) is 5.33. The van der Waals surface area contributed by atoms with Crippen LogP contribution >= 0.6 is 15.9 Å². The molecule has 0 radical (unpaired) electrons. The van der Waals surface area contributed by atoms with E-state index in [9.17, 15) is 0 Å². The van der Waals surface area contributed by atoms with Gasteiger partial charge in [-0.3, -0.25) is 0 Å². The van der Waals surface area contributed by atoms with E-state index < -0.39 is 0 Å². The number of likely N-dealkylation sites (N-methyl/N-ethyl adjacent to an activating group) is 1. The molecule has 3 rings (SSSR count). The molecule has 3 heteroatoms. The summed E-state index contributed by atoms with van der Waals surface area (Å²) in [5, 5.41) is 3.75. The average Bonchev–Trinajstić information content (AvgIpc) is 2.73. The van der Waals surface area contributed by atoms with Crippen LogP contribution in [0.5, 0.6) is 0 Å². The Hall–Kier alpha value is -0.380. The third-order valence-electron chi connectivity index (χ3n) is 4.77. The second kappa shape index (κ2) is 5.94. The summed E-state index contributed by atoms with van der Waals surface area (Å²) in [6.45, 7) is 2.45. The van der Waals surface area contributed by atoms with Gasteiger partial charge >= 0.3 is 0 Å². The lowest BCUT2D eigenvalue weighted by molar-refractivity contribution is 0.245. The van der Waals surface area contributed by atoms with Crippen molar-refractivity contribution in [2.75, 3.05) is 20.1 Å². The highest BCUT2D eigenvalue weighted by molar-refractivity contribution is 9.10. The van der Waals surface area contributed by atoms with Gasteiger partial charge in [-0.2, -0.15) is 0 Å². The largest absolute Gasteiger partial charge is 0.312 e. The summed E-state index contributed by atoms with van der Waals surface area (Å²) in [4.78, 5) is 2.50. The van der Waals surface area contributed by atoms with Gasteiger partial charge in [0.1, 0.15) is 0 Å². The van der Waals surface area contributed by atoms with E-state index in [0.717, 1.165) is 18.0 Å². The number of rotatable bonds is 4. The summed E-state index contributed by atoms with van der Waals surface area (Å²) < 4.78 is 1.20. The number of nitrogens with zero attached hydrogens (tertiary/aromatic N) is 1. The summed E-state index contributed by atoms with van der Waals surface area (Å²) in [7, 11) is 2.25. The molecule has 1 aromatic carbocycles. The first-order chi connectivity index (χ1) is 9.22. The summed E-state index contributed by atoms with van der Waals surface area (Å²) in [5.74, 6) is 0.760. The Morgan fingerprint density at radius 3 is 2.89 bits per heavy atom. The molecule has 2 nitrogen and oxygen atoms in total. The van der Waals surface area contributed by atoms with Crippen molar-refractivity contribution in [2.24, 2.45) is 0 Å². The molecular formula is C16H23BrN2. The van der Waals surface area contributed by atoms with E-state index in [2.05, 4.69) is 57.5 Å². The molecule has 1 saturated carbocycles. The number of benzene rings is 1. The molecule has 0 bridgehead atoms. The lowest BCUT2D eigenvalue weighted by Gasteiger charge is -2.37. The minimum atomic E-state index is 0.734. The molecule has 0 aromatic heterocycles. The fourth-order valence-electron chi connectivity index (χ4n) is 3.36. The third kappa shape index (κ3) is 3.21. The van der Waals surface area contributed by atoms with E-state index in [1.54, 1.807) is 0 Å². The first kappa shape index (κ1) is 13.6. The molecule has 1 N–H and O–H groups in total. The van der Waals surface area contributed by atoms with Gasteiger partial charge in [0.25, 0.3) is 0 Å². The maximum absolute atomic E-state index is 3.75. The second-order valence-corrected chi connectivity index (χ2v) is 7.02. The molecule has 0 amide bonds. The van der Waals surface area contributed by atoms with E-state index in [0.29, 0.717) is 0 Å². The number of halogens is 1. The van der Waals surface area contributed by atoms with Crippen molar-refractivity contribution in [3.05, 3.63) is 34.3 Å². The van der Waals surface area contributed by atoms with Crippen LogP contribution in [0.15, 0.2) is 28.7 Å². The quantitative estimate of drug-likeness (QED) is 0.914. The fraction of sp³-hybridized carbons (Fsp3) is 0.625. The van der Waals surface area contributed by atoms with Crippen LogP contribution in [0.4, 0.5) is 0 Å². The van der Waals surface area contributed by atoms with E-state index in [4.69, 9.17) is 0 Å². The summed E-state index contributed by atoms with van der Waals surface area (Å²) in [5.41, 5.74) is 1.49. The monoisotopic (exact) mass is 322 g/mol. The van der Waals surface area contributed by atoms with Gasteiger partial charge in [-0.15, -0.1) is 0 Å². The molecule has 1 heterocycles. The zero-order valence-corrected chi connectivity index (χ0v) is 13.2. The van der Waals surface area contributed by atoms with Crippen LogP contribution in [0.1, 0.15) is 37.2 Å². The van der Waals surface area contributed by atoms with Gasteiger partial charge in [-0.25, -0.2) is 0 Å². The third-order valence-corrected chi connectivity index (χ3v) is 5.27. The second-order valence-electron chi connectivity index (χ2n) is 6.11. The molecule has 1 aliphatic carbocycles. The van der Waals surface area contributed by atoms with Crippen molar-refractivity contribution in [1.82, 2.24) is 10.2 Å². The van der Waals surface area contributed by atoms with Crippen molar-refractivity contribution in [1.29, 1.82) is 0 Å². The number of hydrogen-bond donors (Lipinski definition) is 1. The van der Waals surface area contributed by atoms with Crippen molar-refractivity contribution in [3.63, 3.8) is 0 Å². The predicted molar refractivity (Wildman–Crippen MR) is 83.6 cm³/mol. The molecule has 1 aliphatic heterocycles. The zero-order valence-electron chi connectivity index (χ0n) is 11.6. The van der Waals surface area contributed by atoms with Gasteiger partial charge in [-0.05, 0) is 62.9 Å². The Morgan fingerprint density at radius 1 is 1.37 bits per heavy atom. The van der Waals surface area contributed by atoms with E-state index in [-0.39, 0.29) is 0 Å². The molecule has 104 valence electrons. The van der Waals surface area contributed by atoms with Crippen molar-refractivity contribution in [2.45, 2.75) is 43.7 Å². The lowest BCUT2D eigenvalue weighted by atomic mass is 9.76. The smallest absolute Gasteiger partial charge is 0.0218 e. The first-order valence-electron chi connectivity index (χ1n) is 7.41. The summed E-state index contributed by atoms with van der Waals surface area (Å²) >= 11 is 3.56. The van der Waals surface area contributed by atoms with Crippen molar-refractivity contribution in [3.8, 4) is 0 Å². The van der Waals surface area contributed by atoms with Crippen LogP contribution in [0.25, 0.3) is 0 Å². The summed E-state index contributed by atoms with van der Waals surface area (Å²) in [6, 6.07) is 10.3. The zero-order chi connectivity index (χ0) is 13.2. The van der Waals surface area contributed by atoms with Crippen LogP contribution in [-0.4, -0.2) is 37.1 Å². The van der Waals surface area contributed by atoms with Crippen LogP contribution < -0.4 is 5.32 Å². The standard InChI is InChI=1S/C16H23BrN2/c1-19-7-3-6-16(19)11-18-15-9-13(10-15)12-4-2-5-14(17)8-12/h2,4-5,8,13,15-16,18H,3,6-7,9-11H2,1H3. The highest BCUT2D eigenvalue weighted by Crippen LogP contribution is 2.37. The average molecular weight is 323 g/mol. The number of hydrogen-bond acceptors (Lipinski definition) is 2. The van der Waals surface area contributed by atoms with Crippen molar-refractivity contribution < 1.29 is 0 Å². The van der Waals surface area contributed by atoms with E-state index in [1.807, 2.05) is 0 Å². The fourth-order valence-corrected chi connectivity index (χ4v) is 3.77. The first-order valence-corrected chi connectivity index (χ1v) is 8.21. The highest BCUT2D eigenvalue weighted by atomic mass is 79.9. The Balaban J connectivity index is 1.43. The Bertz CT molecular complexity index is 429. The molecule has 2 fully saturated rings. The maximum Gasteiger partial charge on any atom is 0.0218 e. The molecule has 1 unspecified atom stereocenters. The number of likely N-dealkylation sites (tertiary alicyclic amines) is 1. The SMILES string of the molecule is CN1CCCC1CNC1CC(c2cccc(Br)c2)C1. The van der Waals surface area contributed by atoms with Gasteiger partial charge in [0, 0.05) is 23.1 Å². The Morgan fingerprint density at radius 2 is 2.21 bits per heavy atom. The topological polar surface area (TPSA) is 15.3 Å². The lowest BCUT2D eigenvalue weighted by Crippen LogP contribution is -2.45. The van der Waals surface area contributed by atoms with Gasteiger partial charge in [0.15, 0.2) is 0 Å². The van der Waals surface area contributed by atoms with Gasteiger partial charge in [0.2, 0.25) is 0 Å². The Kier molecular flexibility index (Phi) is 4.25. The number of nitrogens with one attached hydrogen (secondary N) is 1. The molecular weight excluding hydrogens is 300 g/mol. The molecule has 1 saturated heterocycles. The normalized spacial score (nSPS) is 31.4.